The lowest BCUT2D eigenvalue weighted by Crippen LogP contribution is -2.57. The van der Waals surface area contributed by atoms with Crippen LogP contribution in [-0.2, 0) is 10.0 Å². The van der Waals surface area contributed by atoms with E-state index in [4.69, 9.17) is 0 Å². The molecule has 2 rings (SSSR count). The van der Waals surface area contributed by atoms with Crippen molar-refractivity contribution in [3.8, 4) is 0 Å². The summed E-state index contributed by atoms with van der Waals surface area (Å²) in [5, 5.41) is 3.24. The van der Waals surface area contributed by atoms with Crippen molar-refractivity contribution in [1.82, 2.24) is 10.0 Å². The van der Waals surface area contributed by atoms with Gasteiger partial charge >= 0.3 is 0 Å². The van der Waals surface area contributed by atoms with Crippen molar-refractivity contribution in [2.75, 3.05) is 31.6 Å². The fourth-order valence-corrected chi connectivity index (χ4v) is 2.81. The largest absolute Gasteiger partial charge is 0.366 e. The van der Waals surface area contributed by atoms with Gasteiger partial charge in [0, 0.05) is 25.3 Å². The van der Waals surface area contributed by atoms with Gasteiger partial charge in [-0.15, -0.1) is 0 Å². The Labute approximate surface area is 108 Å². The van der Waals surface area contributed by atoms with Crippen LogP contribution in [0, 0.1) is 0 Å². The highest BCUT2D eigenvalue weighted by Crippen LogP contribution is 2.21. The van der Waals surface area contributed by atoms with Crippen LogP contribution in [0.5, 0.6) is 0 Å². The number of anilines is 1. The van der Waals surface area contributed by atoms with Gasteiger partial charge < -0.3 is 10.2 Å². The standard InChI is InChI=1S/C12H19N3O2S/c1-3-15(11-8-14-9-11)10-4-6-12(7-5-10)18(16,17)13-2/h4-7,11,13-14H,3,8-9H2,1-2H3. The molecule has 0 amide bonds. The Morgan fingerprint density at radius 1 is 1.33 bits per heavy atom. The first kappa shape index (κ1) is 13.3. The molecule has 1 aliphatic rings. The van der Waals surface area contributed by atoms with Gasteiger partial charge in [0.2, 0.25) is 10.0 Å². The number of rotatable bonds is 5. The zero-order valence-corrected chi connectivity index (χ0v) is 11.5. The maximum absolute atomic E-state index is 11.6. The molecule has 0 aliphatic carbocycles. The molecular weight excluding hydrogens is 250 g/mol. The lowest BCUT2D eigenvalue weighted by molar-refractivity contribution is 0.417. The average molecular weight is 269 g/mol. The normalized spacial score (nSPS) is 16.3. The first-order chi connectivity index (χ1) is 8.58. The van der Waals surface area contributed by atoms with Gasteiger partial charge in [0.15, 0.2) is 0 Å². The molecule has 1 fully saturated rings. The Bertz CT molecular complexity index is 495. The maximum Gasteiger partial charge on any atom is 0.240 e. The minimum Gasteiger partial charge on any atom is -0.366 e. The molecule has 1 aliphatic heterocycles. The van der Waals surface area contributed by atoms with Gasteiger partial charge in [-0.1, -0.05) is 0 Å². The minimum atomic E-state index is -3.34. The topological polar surface area (TPSA) is 61.4 Å². The number of benzene rings is 1. The third-order valence-electron chi connectivity index (χ3n) is 3.29. The Hall–Kier alpha value is -1.11. The van der Waals surface area contributed by atoms with E-state index in [-0.39, 0.29) is 0 Å². The number of likely N-dealkylation sites (N-methyl/N-ethyl adjacent to an activating group) is 1. The van der Waals surface area contributed by atoms with Crippen LogP contribution >= 0.6 is 0 Å². The summed E-state index contributed by atoms with van der Waals surface area (Å²) in [6.45, 7) is 5.01. The summed E-state index contributed by atoms with van der Waals surface area (Å²) in [5.74, 6) is 0. The predicted octanol–water partition coefficient (Wildman–Crippen LogP) is 0.393. The van der Waals surface area contributed by atoms with Crippen LogP contribution in [0.3, 0.4) is 0 Å². The molecule has 18 heavy (non-hydrogen) atoms. The van der Waals surface area contributed by atoms with Crippen molar-refractivity contribution >= 4 is 15.7 Å². The number of nitrogens with zero attached hydrogens (tertiary/aromatic N) is 1. The van der Waals surface area contributed by atoms with E-state index < -0.39 is 10.0 Å². The monoisotopic (exact) mass is 269 g/mol. The van der Waals surface area contributed by atoms with Crippen LogP contribution in [0.15, 0.2) is 29.2 Å². The first-order valence-corrected chi connectivity index (χ1v) is 7.57. The van der Waals surface area contributed by atoms with E-state index in [0.717, 1.165) is 25.3 Å². The van der Waals surface area contributed by atoms with Crippen molar-refractivity contribution in [3.63, 3.8) is 0 Å². The molecule has 5 nitrogen and oxygen atoms in total. The smallest absolute Gasteiger partial charge is 0.240 e. The van der Waals surface area contributed by atoms with Crippen molar-refractivity contribution in [1.29, 1.82) is 0 Å². The van der Waals surface area contributed by atoms with Gasteiger partial charge in [-0.2, -0.15) is 0 Å². The Morgan fingerprint density at radius 2 is 1.94 bits per heavy atom. The predicted molar refractivity (Wildman–Crippen MR) is 72.4 cm³/mol. The van der Waals surface area contributed by atoms with E-state index in [1.54, 1.807) is 12.1 Å². The Balaban J connectivity index is 2.21. The van der Waals surface area contributed by atoms with Crippen LogP contribution in [0.2, 0.25) is 0 Å². The summed E-state index contributed by atoms with van der Waals surface area (Å²) >= 11 is 0. The highest BCUT2D eigenvalue weighted by atomic mass is 32.2. The highest BCUT2D eigenvalue weighted by Gasteiger charge is 2.23. The van der Waals surface area contributed by atoms with Gasteiger partial charge in [-0.3, -0.25) is 0 Å². The second kappa shape index (κ2) is 5.26. The average Bonchev–Trinajstić information content (AvgIpc) is 2.33. The van der Waals surface area contributed by atoms with E-state index in [1.165, 1.54) is 7.05 Å². The summed E-state index contributed by atoms with van der Waals surface area (Å²) in [7, 11) is -1.92. The molecule has 100 valence electrons. The number of nitrogens with one attached hydrogen (secondary N) is 2. The van der Waals surface area contributed by atoms with E-state index in [0.29, 0.717) is 10.9 Å². The third-order valence-corrected chi connectivity index (χ3v) is 4.72. The molecule has 1 aromatic rings. The molecule has 0 radical (unpaired) electrons. The van der Waals surface area contributed by atoms with E-state index >= 15 is 0 Å². The molecule has 2 N–H and O–H groups in total. The molecule has 1 saturated heterocycles. The van der Waals surface area contributed by atoms with Gasteiger partial charge in [0.25, 0.3) is 0 Å². The molecule has 0 saturated carbocycles. The molecular formula is C12H19N3O2S. The van der Waals surface area contributed by atoms with Gasteiger partial charge in [-0.25, -0.2) is 13.1 Å². The van der Waals surface area contributed by atoms with Crippen molar-refractivity contribution in [3.05, 3.63) is 24.3 Å². The number of hydrogen-bond acceptors (Lipinski definition) is 4. The SMILES string of the molecule is CCN(c1ccc(S(=O)(=O)NC)cc1)C1CNC1. The molecule has 0 aromatic heterocycles. The summed E-state index contributed by atoms with van der Waals surface area (Å²) in [6, 6.07) is 7.55. The quantitative estimate of drug-likeness (QED) is 0.812. The van der Waals surface area contributed by atoms with Crippen LogP contribution in [0.25, 0.3) is 0 Å². The molecule has 0 unspecified atom stereocenters. The molecule has 1 aromatic carbocycles. The van der Waals surface area contributed by atoms with Crippen LogP contribution in [0.4, 0.5) is 5.69 Å². The zero-order chi connectivity index (χ0) is 13.2. The summed E-state index contributed by atoms with van der Waals surface area (Å²) in [6.07, 6.45) is 0. The van der Waals surface area contributed by atoms with Crippen LogP contribution < -0.4 is 14.9 Å². The maximum atomic E-state index is 11.6. The molecule has 6 heteroatoms. The van der Waals surface area contributed by atoms with Crippen molar-refractivity contribution in [2.24, 2.45) is 0 Å². The van der Waals surface area contributed by atoms with Crippen molar-refractivity contribution in [2.45, 2.75) is 17.9 Å². The van der Waals surface area contributed by atoms with Gasteiger partial charge in [0.05, 0.1) is 10.9 Å². The highest BCUT2D eigenvalue weighted by molar-refractivity contribution is 7.89. The zero-order valence-electron chi connectivity index (χ0n) is 10.7. The summed E-state index contributed by atoms with van der Waals surface area (Å²) in [5.41, 5.74) is 1.07. The minimum absolute atomic E-state index is 0.302. The molecule has 1 heterocycles. The number of hydrogen-bond donors (Lipinski definition) is 2. The van der Waals surface area contributed by atoms with Gasteiger partial charge in [-0.05, 0) is 38.2 Å². The fraction of sp³-hybridized carbons (Fsp3) is 0.500. The van der Waals surface area contributed by atoms with E-state index in [1.807, 2.05) is 12.1 Å². The van der Waals surface area contributed by atoms with E-state index in [9.17, 15) is 8.42 Å². The van der Waals surface area contributed by atoms with Crippen LogP contribution in [-0.4, -0.2) is 41.1 Å². The number of sulfonamides is 1. The van der Waals surface area contributed by atoms with Gasteiger partial charge in [0.1, 0.15) is 0 Å². The van der Waals surface area contributed by atoms with E-state index in [2.05, 4.69) is 21.9 Å². The van der Waals surface area contributed by atoms with Crippen molar-refractivity contribution < 1.29 is 8.42 Å². The summed E-state index contributed by atoms with van der Waals surface area (Å²) < 4.78 is 25.6. The second-order valence-corrected chi connectivity index (χ2v) is 6.19. The second-order valence-electron chi connectivity index (χ2n) is 4.30. The summed E-state index contributed by atoms with van der Waals surface area (Å²) in [4.78, 5) is 2.59. The fourth-order valence-electron chi connectivity index (χ4n) is 2.08. The first-order valence-electron chi connectivity index (χ1n) is 6.09. The Morgan fingerprint density at radius 3 is 2.33 bits per heavy atom. The lowest BCUT2D eigenvalue weighted by atomic mass is 10.1. The molecule has 0 spiro atoms. The van der Waals surface area contributed by atoms with Crippen LogP contribution in [0.1, 0.15) is 6.92 Å². The molecule has 0 bridgehead atoms. The molecule has 0 atom stereocenters. The Kier molecular flexibility index (Phi) is 3.89. The lowest BCUT2D eigenvalue weighted by Gasteiger charge is -2.39. The third kappa shape index (κ3) is 2.50.